The van der Waals surface area contributed by atoms with Gasteiger partial charge in [-0.2, -0.15) is 0 Å². The SMILES string of the molecule is Cc1cc(C2NCCS2)ccc1F. The molecule has 0 aromatic heterocycles. The minimum absolute atomic E-state index is 0.119. The third kappa shape index (κ3) is 1.86. The average molecular weight is 197 g/mol. The number of aryl methyl sites for hydroxylation is 1. The number of thioether (sulfide) groups is 1. The van der Waals surface area contributed by atoms with Crippen LogP contribution in [0.25, 0.3) is 0 Å². The van der Waals surface area contributed by atoms with E-state index in [2.05, 4.69) is 5.32 Å². The molecular weight excluding hydrogens is 185 g/mol. The molecule has 1 unspecified atom stereocenters. The second-order valence-corrected chi connectivity index (χ2v) is 4.43. The molecule has 1 aliphatic rings. The van der Waals surface area contributed by atoms with Gasteiger partial charge in [0.1, 0.15) is 5.82 Å². The molecule has 0 amide bonds. The van der Waals surface area contributed by atoms with Gasteiger partial charge in [-0.25, -0.2) is 4.39 Å². The van der Waals surface area contributed by atoms with Gasteiger partial charge in [0.05, 0.1) is 5.37 Å². The first kappa shape index (κ1) is 9.03. The fourth-order valence-corrected chi connectivity index (χ4v) is 2.52. The van der Waals surface area contributed by atoms with E-state index in [1.54, 1.807) is 13.0 Å². The van der Waals surface area contributed by atoms with Crippen LogP contribution in [-0.4, -0.2) is 12.3 Å². The molecule has 70 valence electrons. The minimum Gasteiger partial charge on any atom is -0.301 e. The van der Waals surface area contributed by atoms with Crippen LogP contribution in [0.1, 0.15) is 16.5 Å². The summed E-state index contributed by atoms with van der Waals surface area (Å²) in [7, 11) is 0. The van der Waals surface area contributed by atoms with E-state index >= 15 is 0 Å². The third-order valence-electron chi connectivity index (χ3n) is 2.20. The van der Waals surface area contributed by atoms with E-state index in [0.29, 0.717) is 5.37 Å². The van der Waals surface area contributed by atoms with Crippen molar-refractivity contribution >= 4 is 11.8 Å². The summed E-state index contributed by atoms with van der Waals surface area (Å²) in [5.74, 6) is 1.02. The maximum absolute atomic E-state index is 13.0. The molecule has 0 bridgehead atoms. The molecule has 1 aromatic rings. The molecule has 0 saturated carbocycles. The van der Waals surface area contributed by atoms with Gasteiger partial charge in [0.2, 0.25) is 0 Å². The highest BCUT2D eigenvalue weighted by Crippen LogP contribution is 2.30. The van der Waals surface area contributed by atoms with Crippen molar-refractivity contribution in [2.75, 3.05) is 12.3 Å². The topological polar surface area (TPSA) is 12.0 Å². The molecule has 1 heterocycles. The Morgan fingerprint density at radius 1 is 1.54 bits per heavy atom. The molecule has 0 aliphatic carbocycles. The van der Waals surface area contributed by atoms with E-state index in [-0.39, 0.29) is 5.82 Å². The number of hydrogen-bond acceptors (Lipinski definition) is 2. The molecule has 0 radical (unpaired) electrons. The lowest BCUT2D eigenvalue weighted by atomic mass is 10.1. The van der Waals surface area contributed by atoms with Crippen LogP contribution >= 0.6 is 11.8 Å². The lowest BCUT2D eigenvalue weighted by molar-refractivity contribution is 0.616. The smallest absolute Gasteiger partial charge is 0.126 e. The summed E-state index contributed by atoms with van der Waals surface area (Å²) in [6.07, 6.45) is 0. The van der Waals surface area contributed by atoms with Crippen LogP contribution in [0.15, 0.2) is 18.2 Å². The Morgan fingerprint density at radius 2 is 2.38 bits per heavy atom. The van der Waals surface area contributed by atoms with Crippen LogP contribution in [0.4, 0.5) is 4.39 Å². The Morgan fingerprint density at radius 3 is 3.00 bits per heavy atom. The normalized spacial score (nSPS) is 22.2. The van der Waals surface area contributed by atoms with E-state index in [1.165, 1.54) is 5.56 Å². The van der Waals surface area contributed by atoms with Crippen molar-refractivity contribution in [3.05, 3.63) is 35.1 Å². The zero-order chi connectivity index (χ0) is 9.26. The van der Waals surface area contributed by atoms with Gasteiger partial charge >= 0.3 is 0 Å². The summed E-state index contributed by atoms with van der Waals surface area (Å²) >= 11 is 1.88. The average Bonchev–Trinajstić information content (AvgIpc) is 2.62. The van der Waals surface area contributed by atoms with Crippen LogP contribution in [0, 0.1) is 12.7 Å². The number of hydrogen-bond donors (Lipinski definition) is 1. The van der Waals surface area contributed by atoms with Crippen molar-refractivity contribution < 1.29 is 4.39 Å². The molecule has 1 aliphatic heterocycles. The maximum Gasteiger partial charge on any atom is 0.126 e. The Balaban J connectivity index is 2.25. The van der Waals surface area contributed by atoms with Crippen molar-refractivity contribution in [1.82, 2.24) is 5.32 Å². The highest BCUT2D eigenvalue weighted by molar-refractivity contribution is 7.99. The number of rotatable bonds is 1. The number of nitrogens with one attached hydrogen (secondary N) is 1. The Kier molecular flexibility index (Phi) is 2.56. The lowest BCUT2D eigenvalue weighted by Gasteiger charge is -2.10. The molecule has 1 fully saturated rings. The second kappa shape index (κ2) is 3.68. The molecule has 3 heteroatoms. The zero-order valence-corrected chi connectivity index (χ0v) is 8.33. The van der Waals surface area contributed by atoms with E-state index in [0.717, 1.165) is 17.9 Å². The summed E-state index contributed by atoms with van der Waals surface area (Å²) < 4.78 is 13.0. The summed E-state index contributed by atoms with van der Waals surface area (Å²) in [5.41, 5.74) is 1.91. The fourth-order valence-electron chi connectivity index (χ4n) is 1.47. The van der Waals surface area contributed by atoms with Crippen LogP contribution in [0.5, 0.6) is 0 Å². The van der Waals surface area contributed by atoms with E-state index in [4.69, 9.17) is 0 Å². The highest BCUT2D eigenvalue weighted by atomic mass is 32.2. The molecule has 2 rings (SSSR count). The summed E-state index contributed by atoms with van der Waals surface area (Å²) in [5, 5.41) is 3.72. The van der Waals surface area contributed by atoms with Crippen LogP contribution in [-0.2, 0) is 0 Å². The van der Waals surface area contributed by atoms with Crippen molar-refractivity contribution in [3.8, 4) is 0 Å². The van der Waals surface area contributed by atoms with Crippen LogP contribution in [0.2, 0.25) is 0 Å². The van der Waals surface area contributed by atoms with Crippen molar-refractivity contribution in [1.29, 1.82) is 0 Å². The van der Waals surface area contributed by atoms with Crippen molar-refractivity contribution in [2.45, 2.75) is 12.3 Å². The summed E-state index contributed by atoms with van der Waals surface area (Å²) in [4.78, 5) is 0. The Hall–Kier alpha value is -0.540. The highest BCUT2D eigenvalue weighted by Gasteiger charge is 2.16. The fraction of sp³-hybridized carbons (Fsp3) is 0.400. The van der Waals surface area contributed by atoms with E-state index < -0.39 is 0 Å². The lowest BCUT2D eigenvalue weighted by Crippen LogP contribution is -2.12. The maximum atomic E-state index is 13.0. The molecule has 13 heavy (non-hydrogen) atoms. The first-order valence-corrected chi connectivity index (χ1v) is 5.43. The summed E-state index contributed by atoms with van der Waals surface area (Å²) in [6.45, 7) is 2.85. The minimum atomic E-state index is -0.119. The quantitative estimate of drug-likeness (QED) is 0.742. The van der Waals surface area contributed by atoms with Gasteiger partial charge < -0.3 is 5.32 Å². The Bertz CT molecular complexity index is 308. The second-order valence-electron chi connectivity index (χ2n) is 3.21. The van der Waals surface area contributed by atoms with Gasteiger partial charge in [-0.3, -0.25) is 0 Å². The molecule has 1 aromatic carbocycles. The van der Waals surface area contributed by atoms with Crippen LogP contribution in [0.3, 0.4) is 0 Å². The molecule has 1 N–H and O–H groups in total. The first-order chi connectivity index (χ1) is 6.27. The number of benzene rings is 1. The van der Waals surface area contributed by atoms with Gasteiger partial charge in [0.15, 0.2) is 0 Å². The van der Waals surface area contributed by atoms with Crippen LogP contribution < -0.4 is 5.32 Å². The number of halogens is 1. The van der Waals surface area contributed by atoms with Gasteiger partial charge in [-0.15, -0.1) is 11.8 Å². The molecular formula is C10H12FNS. The largest absolute Gasteiger partial charge is 0.301 e. The summed E-state index contributed by atoms with van der Waals surface area (Å²) in [6, 6.07) is 5.33. The predicted octanol–water partition coefficient (Wildman–Crippen LogP) is 2.47. The van der Waals surface area contributed by atoms with E-state index in [9.17, 15) is 4.39 Å². The van der Waals surface area contributed by atoms with Gasteiger partial charge in [-0.05, 0) is 24.1 Å². The standard InChI is InChI=1S/C10H12FNS/c1-7-6-8(2-3-9(7)11)10-12-4-5-13-10/h2-3,6,10,12H,4-5H2,1H3. The third-order valence-corrected chi connectivity index (χ3v) is 3.41. The van der Waals surface area contributed by atoms with Gasteiger partial charge in [0, 0.05) is 12.3 Å². The predicted molar refractivity (Wildman–Crippen MR) is 54.3 cm³/mol. The molecule has 1 nitrogen and oxygen atoms in total. The Labute approximate surface area is 81.7 Å². The van der Waals surface area contributed by atoms with Crippen molar-refractivity contribution in [2.24, 2.45) is 0 Å². The molecule has 1 saturated heterocycles. The monoisotopic (exact) mass is 197 g/mol. The van der Waals surface area contributed by atoms with Gasteiger partial charge in [-0.1, -0.05) is 12.1 Å². The zero-order valence-electron chi connectivity index (χ0n) is 7.51. The first-order valence-electron chi connectivity index (χ1n) is 4.38. The van der Waals surface area contributed by atoms with Gasteiger partial charge in [0.25, 0.3) is 0 Å². The van der Waals surface area contributed by atoms with Crippen molar-refractivity contribution in [3.63, 3.8) is 0 Å². The molecule has 1 atom stereocenters. The molecule has 0 spiro atoms. The van der Waals surface area contributed by atoms with E-state index in [1.807, 2.05) is 23.9 Å².